The smallest absolute Gasteiger partial charge is 0.243 e. The number of rotatable bonds is 5. The lowest BCUT2D eigenvalue weighted by Crippen LogP contribution is -2.24. The van der Waals surface area contributed by atoms with Crippen LogP contribution in [0.15, 0.2) is 0 Å². The summed E-state index contributed by atoms with van der Waals surface area (Å²) in [5, 5.41) is 0. The third-order valence-electron chi connectivity index (χ3n) is 0.897. The first-order valence-corrected chi connectivity index (χ1v) is 3.20. The summed E-state index contributed by atoms with van der Waals surface area (Å²) >= 11 is 0. The SMILES string of the molecule is CCC(=O)NOCCOC. The molecule has 0 atom stereocenters. The Hall–Kier alpha value is -0.610. The molecular formula is C6H13NO3. The largest absolute Gasteiger partial charge is 0.382 e. The molecule has 0 radical (unpaired) electrons. The summed E-state index contributed by atoms with van der Waals surface area (Å²) in [4.78, 5) is 15.2. The summed E-state index contributed by atoms with van der Waals surface area (Å²) in [7, 11) is 1.57. The Kier molecular flexibility index (Phi) is 6.11. The van der Waals surface area contributed by atoms with Crippen molar-refractivity contribution >= 4 is 5.91 Å². The normalized spacial score (nSPS) is 9.40. The summed E-state index contributed by atoms with van der Waals surface area (Å²) in [6.07, 6.45) is 0.437. The predicted molar refractivity (Wildman–Crippen MR) is 36.3 cm³/mol. The molecule has 1 N–H and O–H groups in total. The van der Waals surface area contributed by atoms with Crippen LogP contribution in [-0.4, -0.2) is 26.2 Å². The fourth-order valence-electron chi connectivity index (χ4n) is 0.329. The second-order valence-electron chi connectivity index (χ2n) is 1.72. The van der Waals surface area contributed by atoms with Gasteiger partial charge in [0.15, 0.2) is 0 Å². The first-order chi connectivity index (χ1) is 4.81. The third-order valence-corrected chi connectivity index (χ3v) is 0.897. The zero-order chi connectivity index (χ0) is 7.82. The van der Waals surface area contributed by atoms with E-state index in [9.17, 15) is 4.79 Å². The minimum Gasteiger partial charge on any atom is -0.382 e. The molecule has 10 heavy (non-hydrogen) atoms. The average Bonchev–Trinajstić information content (AvgIpc) is 1.98. The van der Waals surface area contributed by atoms with Gasteiger partial charge in [-0.1, -0.05) is 6.92 Å². The van der Waals surface area contributed by atoms with Crippen molar-refractivity contribution in [3.63, 3.8) is 0 Å². The molecule has 0 bridgehead atoms. The number of hydrogen-bond donors (Lipinski definition) is 1. The molecule has 0 unspecified atom stereocenters. The monoisotopic (exact) mass is 147 g/mol. The zero-order valence-electron chi connectivity index (χ0n) is 6.35. The lowest BCUT2D eigenvalue weighted by atomic mass is 10.5. The number of carbonyl (C=O) groups excluding carboxylic acids is 1. The van der Waals surface area contributed by atoms with Gasteiger partial charge in [-0.15, -0.1) is 0 Å². The van der Waals surface area contributed by atoms with E-state index >= 15 is 0 Å². The van der Waals surface area contributed by atoms with E-state index in [0.29, 0.717) is 19.6 Å². The van der Waals surface area contributed by atoms with Crippen molar-refractivity contribution in [2.24, 2.45) is 0 Å². The van der Waals surface area contributed by atoms with E-state index in [-0.39, 0.29) is 5.91 Å². The van der Waals surface area contributed by atoms with Crippen molar-refractivity contribution in [1.82, 2.24) is 5.48 Å². The van der Waals surface area contributed by atoms with E-state index in [1.807, 2.05) is 0 Å². The molecule has 0 fully saturated rings. The molecular weight excluding hydrogens is 134 g/mol. The molecule has 1 amide bonds. The van der Waals surface area contributed by atoms with E-state index < -0.39 is 0 Å². The molecule has 0 aliphatic carbocycles. The first kappa shape index (κ1) is 9.39. The quantitative estimate of drug-likeness (QED) is 0.443. The summed E-state index contributed by atoms with van der Waals surface area (Å²) in [5.41, 5.74) is 2.25. The van der Waals surface area contributed by atoms with Crippen molar-refractivity contribution in [1.29, 1.82) is 0 Å². The molecule has 0 aromatic carbocycles. The Morgan fingerprint density at radius 3 is 2.70 bits per heavy atom. The van der Waals surface area contributed by atoms with Crippen LogP contribution in [0.2, 0.25) is 0 Å². The maximum Gasteiger partial charge on any atom is 0.243 e. The highest BCUT2D eigenvalue weighted by Gasteiger charge is 1.93. The second-order valence-corrected chi connectivity index (χ2v) is 1.72. The van der Waals surface area contributed by atoms with Crippen LogP contribution in [0, 0.1) is 0 Å². The van der Waals surface area contributed by atoms with E-state index in [1.54, 1.807) is 14.0 Å². The minimum atomic E-state index is -0.115. The highest BCUT2D eigenvalue weighted by Crippen LogP contribution is 1.75. The van der Waals surface area contributed by atoms with Crippen LogP contribution in [0.25, 0.3) is 0 Å². The van der Waals surface area contributed by atoms with Gasteiger partial charge in [-0.2, -0.15) is 0 Å². The standard InChI is InChI=1S/C6H13NO3/c1-3-6(8)7-10-5-4-9-2/h3-5H2,1-2H3,(H,7,8). The molecule has 0 aliphatic rings. The molecule has 0 aromatic rings. The predicted octanol–water partition coefficient (Wildman–Crippen LogP) is 0.0906. The van der Waals surface area contributed by atoms with Crippen LogP contribution >= 0.6 is 0 Å². The number of carbonyl (C=O) groups is 1. The summed E-state index contributed by atoms with van der Waals surface area (Å²) in [6.45, 7) is 2.64. The highest BCUT2D eigenvalue weighted by atomic mass is 16.7. The first-order valence-electron chi connectivity index (χ1n) is 3.20. The van der Waals surface area contributed by atoms with E-state index in [4.69, 9.17) is 4.84 Å². The van der Waals surface area contributed by atoms with Crippen LogP contribution in [0.1, 0.15) is 13.3 Å². The van der Waals surface area contributed by atoms with Crippen LogP contribution in [0.4, 0.5) is 0 Å². The fourth-order valence-corrected chi connectivity index (χ4v) is 0.329. The van der Waals surface area contributed by atoms with Gasteiger partial charge in [0.25, 0.3) is 0 Å². The highest BCUT2D eigenvalue weighted by molar-refractivity contribution is 5.74. The average molecular weight is 147 g/mol. The van der Waals surface area contributed by atoms with Gasteiger partial charge in [0.2, 0.25) is 5.91 Å². The number of methoxy groups -OCH3 is 1. The van der Waals surface area contributed by atoms with Gasteiger partial charge < -0.3 is 4.74 Å². The van der Waals surface area contributed by atoms with Crippen molar-refractivity contribution in [3.8, 4) is 0 Å². The van der Waals surface area contributed by atoms with Gasteiger partial charge in [-0.05, 0) is 0 Å². The Bertz CT molecular complexity index is 95.0. The Morgan fingerprint density at radius 2 is 2.20 bits per heavy atom. The van der Waals surface area contributed by atoms with E-state index in [2.05, 4.69) is 10.2 Å². The Labute approximate surface area is 60.5 Å². The molecule has 0 heterocycles. The summed E-state index contributed by atoms with van der Waals surface area (Å²) < 4.78 is 4.68. The van der Waals surface area contributed by atoms with Crippen LogP contribution in [0.5, 0.6) is 0 Å². The van der Waals surface area contributed by atoms with E-state index in [1.165, 1.54) is 0 Å². The topological polar surface area (TPSA) is 47.6 Å². The van der Waals surface area contributed by atoms with Gasteiger partial charge in [0, 0.05) is 13.5 Å². The summed E-state index contributed by atoms with van der Waals surface area (Å²) in [6, 6.07) is 0. The van der Waals surface area contributed by atoms with Gasteiger partial charge in [0.05, 0.1) is 13.2 Å². The van der Waals surface area contributed by atoms with Crippen molar-refractivity contribution in [2.45, 2.75) is 13.3 Å². The molecule has 0 rings (SSSR count). The molecule has 4 nitrogen and oxygen atoms in total. The molecule has 0 saturated carbocycles. The zero-order valence-corrected chi connectivity index (χ0v) is 6.35. The molecule has 0 saturated heterocycles. The molecule has 0 aliphatic heterocycles. The summed E-state index contributed by atoms with van der Waals surface area (Å²) in [5.74, 6) is -0.115. The molecule has 4 heteroatoms. The Morgan fingerprint density at radius 1 is 1.50 bits per heavy atom. The minimum absolute atomic E-state index is 0.115. The maximum atomic E-state index is 10.5. The van der Waals surface area contributed by atoms with Crippen LogP contribution in [0.3, 0.4) is 0 Å². The van der Waals surface area contributed by atoms with Gasteiger partial charge in [-0.25, -0.2) is 5.48 Å². The van der Waals surface area contributed by atoms with Crippen LogP contribution in [-0.2, 0) is 14.4 Å². The van der Waals surface area contributed by atoms with Crippen molar-refractivity contribution in [3.05, 3.63) is 0 Å². The fraction of sp³-hybridized carbons (Fsp3) is 0.833. The Balaban J connectivity index is 2.96. The number of amides is 1. The molecule has 0 aromatic heterocycles. The second kappa shape index (κ2) is 6.51. The number of nitrogens with one attached hydrogen (secondary N) is 1. The van der Waals surface area contributed by atoms with Crippen molar-refractivity contribution in [2.75, 3.05) is 20.3 Å². The maximum absolute atomic E-state index is 10.5. The van der Waals surface area contributed by atoms with Gasteiger partial charge in [-0.3, -0.25) is 9.63 Å². The van der Waals surface area contributed by atoms with E-state index in [0.717, 1.165) is 0 Å². The lowest BCUT2D eigenvalue weighted by molar-refractivity contribution is -0.134. The number of hydroxylamine groups is 1. The number of ether oxygens (including phenoxy) is 1. The third kappa shape index (κ3) is 5.53. The number of hydrogen-bond acceptors (Lipinski definition) is 3. The van der Waals surface area contributed by atoms with Crippen molar-refractivity contribution < 1.29 is 14.4 Å². The lowest BCUT2D eigenvalue weighted by Gasteiger charge is -2.02. The molecule has 60 valence electrons. The van der Waals surface area contributed by atoms with Gasteiger partial charge >= 0.3 is 0 Å². The van der Waals surface area contributed by atoms with Gasteiger partial charge in [0.1, 0.15) is 0 Å². The molecule has 0 spiro atoms. The van der Waals surface area contributed by atoms with Crippen LogP contribution < -0.4 is 5.48 Å².